The summed E-state index contributed by atoms with van der Waals surface area (Å²) in [7, 11) is 0. The van der Waals surface area contributed by atoms with Crippen LogP contribution in [-0.2, 0) is 5.41 Å². The van der Waals surface area contributed by atoms with Gasteiger partial charge in [-0.15, -0.1) is 11.3 Å². The van der Waals surface area contributed by atoms with Crippen molar-refractivity contribution in [1.29, 1.82) is 0 Å². The topological polar surface area (TPSA) is 85.1 Å². The van der Waals surface area contributed by atoms with Gasteiger partial charge in [-0.2, -0.15) is 0 Å². The summed E-state index contributed by atoms with van der Waals surface area (Å²) in [5.74, 6) is -0.409. The van der Waals surface area contributed by atoms with E-state index in [2.05, 4.69) is 10.3 Å². The predicted octanol–water partition coefficient (Wildman–Crippen LogP) is 3.60. The van der Waals surface area contributed by atoms with Gasteiger partial charge in [-0.1, -0.05) is 26.8 Å². The van der Waals surface area contributed by atoms with E-state index in [0.717, 1.165) is 0 Å². The van der Waals surface area contributed by atoms with Crippen molar-refractivity contribution in [2.24, 2.45) is 0 Å². The molecule has 0 aliphatic heterocycles. The number of nitrogens with one attached hydrogen (secondary N) is 1. The van der Waals surface area contributed by atoms with Gasteiger partial charge in [0.05, 0.1) is 4.92 Å². The lowest BCUT2D eigenvalue weighted by Crippen LogP contribution is -2.16. The third kappa shape index (κ3) is 3.43. The first-order valence-corrected chi connectivity index (χ1v) is 7.17. The Kier molecular flexibility index (Phi) is 4.04. The summed E-state index contributed by atoms with van der Waals surface area (Å²) >= 11 is 1.29. The highest BCUT2D eigenvalue weighted by Gasteiger charge is 2.26. The van der Waals surface area contributed by atoms with E-state index in [1.807, 2.05) is 20.8 Å². The van der Waals surface area contributed by atoms with E-state index in [1.54, 1.807) is 23.7 Å². The van der Waals surface area contributed by atoms with E-state index >= 15 is 0 Å². The zero-order valence-corrected chi connectivity index (χ0v) is 12.7. The molecule has 2 rings (SSSR count). The highest BCUT2D eigenvalue weighted by Crippen LogP contribution is 2.32. The Morgan fingerprint density at radius 1 is 1.38 bits per heavy atom. The van der Waals surface area contributed by atoms with Crippen LogP contribution in [0.2, 0.25) is 0 Å². The fraction of sp³-hybridized carbons (Fsp3) is 0.286. The maximum atomic E-state index is 12.1. The lowest BCUT2D eigenvalue weighted by molar-refractivity contribution is -0.386. The van der Waals surface area contributed by atoms with Gasteiger partial charge < -0.3 is 0 Å². The first-order chi connectivity index (χ1) is 9.79. The number of hydrogen-bond donors (Lipinski definition) is 1. The van der Waals surface area contributed by atoms with Gasteiger partial charge in [-0.05, 0) is 11.5 Å². The second kappa shape index (κ2) is 5.61. The summed E-state index contributed by atoms with van der Waals surface area (Å²) in [6.45, 7) is 5.68. The number of nitro benzene ring substituents is 1. The predicted molar refractivity (Wildman–Crippen MR) is 81.9 cm³/mol. The molecule has 0 aliphatic rings. The van der Waals surface area contributed by atoms with Crippen molar-refractivity contribution in [3.8, 4) is 0 Å². The molecule has 1 aromatic carbocycles. The van der Waals surface area contributed by atoms with Crippen molar-refractivity contribution in [3.63, 3.8) is 0 Å². The molecular formula is C14H15N3O3S. The molecule has 0 fully saturated rings. The van der Waals surface area contributed by atoms with E-state index < -0.39 is 10.8 Å². The highest BCUT2D eigenvalue weighted by molar-refractivity contribution is 7.13. The maximum absolute atomic E-state index is 12.1. The molecule has 2 aromatic rings. The quantitative estimate of drug-likeness (QED) is 0.693. The fourth-order valence-electron chi connectivity index (χ4n) is 1.91. The third-order valence-corrected chi connectivity index (χ3v) is 3.61. The van der Waals surface area contributed by atoms with Crippen molar-refractivity contribution in [2.75, 3.05) is 5.32 Å². The Bertz CT molecular complexity index is 675. The van der Waals surface area contributed by atoms with Gasteiger partial charge in [0, 0.05) is 28.8 Å². The molecule has 0 atom stereocenters. The minimum Gasteiger partial charge on any atom is -0.298 e. The molecule has 21 heavy (non-hydrogen) atoms. The summed E-state index contributed by atoms with van der Waals surface area (Å²) in [5.41, 5.74) is 0.421. The third-order valence-electron chi connectivity index (χ3n) is 2.92. The minimum absolute atomic E-state index is 0.0470. The molecule has 7 heteroatoms. The minimum atomic E-state index is -0.458. The molecule has 0 saturated heterocycles. The molecule has 1 heterocycles. The van der Waals surface area contributed by atoms with E-state index in [1.165, 1.54) is 17.4 Å². The van der Waals surface area contributed by atoms with Gasteiger partial charge in [0.15, 0.2) is 5.13 Å². The van der Waals surface area contributed by atoms with Gasteiger partial charge in [0.2, 0.25) is 0 Å². The van der Waals surface area contributed by atoms with Gasteiger partial charge in [-0.25, -0.2) is 4.98 Å². The summed E-state index contributed by atoms with van der Waals surface area (Å²) in [5, 5.41) is 16.0. The fourth-order valence-corrected chi connectivity index (χ4v) is 2.44. The molecule has 0 unspecified atom stereocenters. The van der Waals surface area contributed by atoms with Gasteiger partial charge in [-0.3, -0.25) is 20.2 Å². The van der Waals surface area contributed by atoms with Crippen molar-refractivity contribution in [1.82, 2.24) is 4.98 Å². The number of anilines is 1. The van der Waals surface area contributed by atoms with Crippen LogP contribution in [0.4, 0.5) is 10.8 Å². The number of hydrogen-bond acceptors (Lipinski definition) is 5. The van der Waals surface area contributed by atoms with Gasteiger partial charge in [0.1, 0.15) is 0 Å². The van der Waals surface area contributed by atoms with E-state index in [0.29, 0.717) is 10.7 Å². The summed E-state index contributed by atoms with van der Waals surface area (Å²) in [4.78, 5) is 26.8. The van der Waals surface area contributed by atoms with Crippen LogP contribution in [-0.4, -0.2) is 15.8 Å². The first kappa shape index (κ1) is 15.1. The Hall–Kier alpha value is -2.28. The first-order valence-electron chi connectivity index (χ1n) is 6.29. The smallest absolute Gasteiger partial charge is 0.273 e. The average molecular weight is 305 g/mol. The normalized spacial score (nSPS) is 11.2. The molecule has 1 N–H and O–H groups in total. The van der Waals surface area contributed by atoms with Crippen molar-refractivity contribution in [3.05, 3.63) is 51.0 Å². The van der Waals surface area contributed by atoms with Crippen LogP contribution >= 0.6 is 11.3 Å². The largest absolute Gasteiger partial charge is 0.298 e. The number of rotatable bonds is 3. The number of nitro groups is 1. The number of aromatic nitrogens is 1. The molecule has 0 spiro atoms. The molecule has 6 nitrogen and oxygen atoms in total. The Morgan fingerprint density at radius 2 is 2.10 bits per heavy atom. The zero-order chi connectivity index (χ0) is 15.6. The monoisotopic (exact) mass is 305 g/mol. The lowest BCUT2D eigenvalue weighted by Gasteiger charge is -2.19. The van der Waals surface area contributed by atoms with Crippen molar-refractivity contribution in [2.45, 2.75) is 26.2 Å². The summed E-state index contributed by atoms with van der Waals surface area (Å²) in [6.07, 6.45) is 1.57. The molecule has 110 valence electrons. The molecule has 0 radical (unpaired) electrons. The SMILES string of the molecule is CC(C)(C)c1ccc(C(=O)Nc2nccs2)cc1[N+](=O)[O-]. The van der Waals surface area contributed by atoms with Crippen molar-refractivity contribution < 1.29 is 9.72 Å². The van der Waals surface area contributed by atoms with E-state index in [4.69, 9.17) is 0 Å². The molecule has 0 aliphatic carbocycles. The van der Waals surface area contributed by atoms with E-state index in [-0.39, 0.29) is 16.7 Å². The summed E-state index contributed by atoms with van der Waals surface area (Å²) < 4.78 is 0. The van der Waals surface area contributed by atoms with Gasteiger partial charge in [0.25, 0.3) is 11.6 Å². The second-order valence-electron chi connectivity index (χ2n) is 5.53. The summed E-state index contributed by atoms with van der Waals surface area (Å²) in [6, 6.07) is 4.54. The molecule has 0 bridgehead atoms. The number of amides is 1. The van der Waals surface area contributed by atoms with Crippen LogP contribution in [0, 0.1) is 10.1 Å². The highest BCUT2D eigenvalue weighted by atomic mass is 32.1. The van der Waals surface area contributed by atoms with Crippen LogP contribution in [0.1, 0.15) is 36.7 Å². The maximum Gasteiger partial charge on any atom is 0.273 e. The van der Waals surface area contributed by atoms with Crippen LogP contribution in [0.15, 0.2) is 29.8 Å². The Labute approximate surface area is 126 Å². The number of carbonyl (C=O) groups excluding carboxylic acids is 1. The Balaban J connectivity index is 2.36. The van der Waals surface area contributed by atoms with Crippen LogP contribution < -0.4 is 5.32 Å². The van der Waals surface area contributed by atoms with Gasteiger partial charge >= 0.3 is 0 Å². The molecule has 1 amide bonds. The zero-order valence-electron chi connectivity index (χ0n) is 11.9. The van der Waals surface area contributed by atoms with E-state index in [9.17, 15) is 14.9 Å². The van der Waals surface area contributed by atoms with Crippen molar-refractivity contribution >= 4 is 28.1 Å². The van der Waals surface area contributed by atoms with Crippen LogP contribution in [0.5, 0.6) is 0 Å². The molecule has 0 saturated carbocycles. The standard InChI is InChI=1S/C14H15N3O3S/c1-14(2,3)10-5-4-9(8-11(10)17(19)20)12(18)16-13-15-6-7-21-13/h4-8H,1-3H3,(H,15,16,18). The average Bonchev–Trinajstić information content (AvgIpc) is 2.89. The van der Waals surface area contributed by atoms with Crippen LogP contribution in [0.25, 0.3) is 0 Å². The number of nitrogens with zero attached hydrogens (tertiary/aromatic N) is 2. The van der Waals surface area contributed by atoms with Crippen LogP contribution in [0.3, 0.4) is 0 Å². The molecule has 1 aromatic heterocycles. The lowest BCUT2D eigenvalue weighted by atomic mass is 9.85. The number of thiazole rings is 1. The second-order valence-corrected chi connectivity index (χ2v) is 6.42. The Morgan fingerprint density at radius 3 is 2.62 bits per heavy atom. The molecular weight excluding hydrogens is 290 g/mol. The number of carbonyl (C=O) groups is 1. The number of benzene rings is 1.